The SMILES string of the molecule is C=C(NC)C(CCC)CCC. The van der Waals surface area contributed by atoms with Gasteiger partial charge in [0.05, 0.1) is 0 Å². The summed E-state index contributed by atoms with van der Waals surface area (Å²) in [6.07, 6.45) is 5.05. The van der Waals surface area contributed by atoms with Crippen molar-refractivity contribution in [1.82, 2.24) is 5.32 Å². The topological polar surface area (TPSA) is 12.0 Å². The fourth-order valence-electron chi connectivity index (χ4n) is 1.39. The minimum atomic E-state index is 0.690. The van der Waals surface area contributed by atoms with E-state index in [0.29, 0.717) is 5.92 Å². The van der Waals surface area contributed by atoms with Gasteiger partial charge in [-0.3, -0.25) is 0 Å². The Morgan fingerprint density at radius 1 is 1.27 bits per heavy atom. The molecular formula is C10H21N. The molecule has 0 heterocycles. The normalized spacial score (nSPS) is 10.2. The predicted molar refractivity (Wildman–Crippen MR) is 51.5 cm³/mol. The van der Waals surface area contributed by atoms with Gasteiger partial charge in [0.2, 0.25) is 0 Å². The summed E-state index contributed by atoms with van der Waals surface area (Å²) in [5, 5.41) is 3.14. The molecule has 1 N–H and O–H groups in total. The maximum atomic E-state index is 4.00. The third kappa shape index (κ3) is 4.07. The van der Waals surface area contributed by atoms with E-state index in [2.05, 4.69) is 25.7 Å². The number of hydrogen-bond acceptors (Lipinski definition) is 1. The van der Waals surface area contributed by atoms with E-state index < -0.39 is 0 Å². The quantitative estimate of drug-likeness (QED) is 0.622. The summed E-state index contributed by atoms with van der Waals surface area (Å²) in [6, 6.07) is 0. The molecule has 0 aliphatic rings. The fourth-order valence-corrected chi connectivity index (χ4v) is 1.39. The van der Waals surface area contributed by atoms with E-state index in [1.54, 1.807) is 0 Å². The summed E-state index contributed by atoms with van der Waals surface area (Å²) in [5.74, 6) is 0.690. The molecule has 0 aromatic carbocycles. The smallest absolute Gasteiger partial charge is 0.00625 e. The monoisotopic (exact) mass is 155 g/mol. The average molecular weight is 155 g/mol. The van der Waals surface area contributed by atoms with E-state index in [-0.39, 0.29) is 0 Å². The summed E-state index contributed by atoms with van der Waals surface area (Å²) < 4.78 is 0. The van der Waals surface area contributed by atoms with Crippen molar-refractivity contribution in [3.05, 3.63) is 12.3 Å². The third-order valence-corrected chi connectivity index (χ3v) is 2.09. The molecule has 0 saturated heterocycles. The Morgan fingerprint density at radius 3 is 2.00 bits per heavy atom. The largest absolute Gasteiger partial charge is 0.392 e. The molecule has 0 atom stereocenters. The van der Waals surface area contributed by atoms with E-state index >= 15 is 0 Å². The molecule has 0 aliphatic heterocycles. The highest BCUT2D eigenvalue weighted by molar-refractivity contribution is 4.96. The summed E-state index contributed by atoms with van der Waals surface area (Å²) in [4.78, 5) is 0. The van der Waals surface area contributed by atoms with Gasteiger partial charge in [0.25, 0.3) is 0 Å². The molecule has 0 saturated carbocycles. The van der Waals surface area contributed by atoms with Crippen LogP contribution >= 0.6 is 0 Å². The second-order valence-electron chi connectivity index (χ2n) is 3.05. The van der Waals surface area contributed by atoms with Gasteiger partial charge >= 0.3 is 0 Å². The van der Waals surface area contributed by atoms with Crippen molar-refractivity contribution in [3.8, 4) is 0 Å². The van der Waals surface area contributed by atoms with Crippen LogP contribution < -0.4 is 5.32 Å². The Bertz CT molecular complexity index is 101. The molecule has 0 spiro atoms. The molecule has 0 unspecified atom stereocenters. The lowest BCUT2D eigenvalue weighted by molar-refractivity contribution is 0.484. The van der Waals surface area contributed by atoms with Gasteiger partial charge in [0, 0.05) is 12.7 Å². The molecule has 11 heavy (non-hydrogen) atoms. The van der Waals surface area contributed by atoms with E-state index in [0.717, 1.165) is 0 Å². The van der Waals surface area contributed by atoms with Gasteiger partial charge in [-0.05, 0) is 18.8 Å². The number of allylic oxidation sites excluding steroid dienone is 1. The molecule has 0 aliphatic carbocycles. The second-order valence-corrected chi connectivity index (χ2v) is 3.05. The molecule has 0 radical (unpaired) electrons. The van der Waals surface area contributed by atoms with E-state index in [1.807, 2.05) is 7.05 Å². The van der Waals surface area contributed by atoms with Crippen molar-refractivity contribution in [1.29, 1.82) is 0 Å². The van der Waals surface area contributed by atoms with Crippen molar-refractivity contribution >= 4 is 0 Å². The van der Waals surface area contributed by atoms with Crippen molar-refractivity contribution in [3.63, 3.8) is 0 Å². The lowest BCUT2D eigenvalue weighted by Crippen LogP contribution is -2.14. The van der Waals surface area contributed by atoms with Gasteiger partial charge in [-0.25, -0.2) is 0 Å². The zero-order valence-electron chi connectivity index (χ0n) is 8.11. The average Bonchev–Trinajstić information content (AvgIpc) is 2.03. The van der Waals surface area contributed by atoms with Gasteiger partial charge < -0.3 is 5.32 Å². The van der Waals surface area contributed by atoms with Gasteiger partial charge in [0.15, 0.2) is 0 Å². The lowest BCUT2D eigenvalue weighted by atomic mass is 9.95. The van der Waals surface area contributed by atoms with Crippen LogP contribution in [0.4, 0.5) is 0 Å². The van der Waals surface area contributed by atoms with Crippen LogP contribution in [0.5, 0.6) is 0 Å². The third-order valence-electron chi connectivity index (χ3n) is 2.09. The van der Waals surface area contributed by atoms with Gasteiger partial charge in [-0.1, -0.05) is 33.3 Å². The number of rotatable bonds is 6. The summed E-state index contributed by atoms with van der Waals surface area (Å²) in [5.41, 5.74) is 1.20. The maximum absolute atomic E-state index is 4.00. The van der Waals surface area contributed by atoms with Crippen LogP contribution in [0.3, 0.4) is 0 Å². The van der Waals surface area contributed by atoms with Crippen LogP contribution in [0, 0.1) is 5.92 Å². The van der Waals surface area contributed by atoms with Crippen LogP contribution in [-0.2, 0) is 0 Å². The molecule has 1 heteroatoms. The second kappa shape index (κ2) is 6.26. The van der Waals surface area contributed by atoms with Crippen LogP contribution in [0.25, 0.3) is 0 Å². The van der Waals surface area contributed by atoms with Crippen LogP contribution in [-0.4, -0.2) is 7.05 Å². The first-order chi connectivity index (χ1) is 5.26. The number of nitrogens with one attached hydrogen (secondary N) is 1. The summed E-state index contributed by atoms with van der Waals surface area (Å²) in [7, 11) is 1.96. The Labute approximate surface area is 70.9 Å². The Balaban J connectivity index is 3.76. The molecular weight excluding hydrogens is 134 g/mol. The predicted octanol–water partition coefficient (Wildman–Crippen LogP) is 2.94. The van der Waals surface area contributed by atoms with Crippen molar-refractivity contribution in [2.75, 3.05) is 7.05 Å². The Morgan fingerprint density at radius 2 is 1.73 bits per heavy atom. The van der Waals surface area contributed by atoms with Crippen molar-refractivity contribution in [2.24, 2.45) is 5.92 Å². The van der Waals surface area contributed by atoms with E-state index in [1.165, 1.54) is 31.4 Å². The van der Waals surface area contributed by atoms with Crippen LogP contribution in [0.2, 0.25) is 0 Å². The first-order valence-electron chi connectivity index (χ1n) is 4.62. The highest BCUT2D eigenvalue weighted by Gasteiger charge is 2.08. The fraction of sp³-hybridized carbons (Fsp3) is 0.800. The van der Waals surface area contributed by atoms with E-state index in [9.17, 15) is 0 Å². The molecule has 0 aromatic rings. The lowest BCUT2D eigenvalue weighted by Gasteiger charge is -2.17. The molecule has 1 nitrogen and oxygen atoms in total. The standard InChI is InChI=1S/C10H21N/c1-5-7-10(8-6-2)9(3)11-4/h10-11H,3,5-8H2,1-2,4H3. The molecule has 0 aromatic heterocycles. The van der Waals surface area contributed by atoms with Crippen molar-refractivity contribution < 1.29 is 0 Å². The first kappa shape index (κ1) is 10.5. The zero-order valence-corrected chi connectivity index (χ0v) is 8.11. The summed E-state index contributed by atoms with van der Waals surface area (Å²) in [6.45, 7) is 8.46. The highest BCUT2D eigenvalue weighted by atomic mass is 14.8. The van der Waals surface area contributed by atoms with Gasteiger partial charge in [-0.2, -0.15) is 0 Å². The number of hydrogen-bond donors (Lipinski definition) is 1. The highest BCUT2D eigenvalue weighted by Crippen LogP contribution is 2.18. The minimum Gasteiger partial charge on any atom is -0.392 e. The van der Waals surface area contributed by atoms with Crippen LogP contribution in [0.15, 0.2) is 12.3 Å². The zero-order chi connectivity index (χ0) is 8.69. The Hall–Kier alpha value is -0.460. The molecule has 0 rings (SSSR count). The molecule has 0 fully saturated rings. The summed E-state index contributed by atoms with van der Waals surface area (Å²) >= 11 is 0. The molecule has 0 bridgehead atoms. The molecule has 66 valence electrons. The first-order valence-corrected chi connectivity index (χ1v) is 4.62. The van der Waals surface area contributed by atoms with E-state index in [4.69, 9.17) is 0 Å². The van der Waals surface area contributed by atoms with Crippen molar-refractivity contribution in [2.45, 2.75) is 39.5 Å². The minimum absolute atomic E-state index is 0.690. The van der Waals surface area contributed by atoms with Crippen LogP contribution in [0.1, 0.15) is 39.5 Å². The Kier molecular flexibility index (Phi) is 6.00. The van der Waals surface area contributed by atoms with Gasteiger partial charge in [-0.15, -0.1) is 0 Å². The maximum Gasteiger partial charge on any atom is 0.00625 e. The molecule has 0 amide bonds. The van der Waals surface area contributed by atoms with Gasteiger partial charge in [0.1, 0.15) is 0 Å².